The van der Waals surface area contributed by atoms with Gasteiger partial charge >= 0.3 is 5.69 Å². The molecule has 0 saturated carbocycles. The summed E-state index contributed by atoms with van der Waals surface area (Å²) in [6.45, 7) is 0.699. The normalized spacial score (nSPS) is 9.72. The third-order valence-corrected chi connectivity index (χ3v) is 2.22. The summed E-state index contributed by atoms with van der Waals surface area (Å²) in [6, 6.07) is 3.66. The average Bonchev–Trinajstić information content (AvgIpc) is 2.40. The Morgan fingerprint density at radius 1 is 1.39 bits per heavy atom. The molecule has 18 heavy (non-hydrogen) atoms. The standard InChI is InChI=1S/C12H11N5O/c1-2-5-14-11-15-9-17(12(18)16-11)8-10-3-6-13-7-4-10/h1,3-4,6-7,9H,5,8H2,(H,14,16,18). The molecule has 0 radical (unpaired) electrons. The van der Waals surface area contributed by atoms with E-state index < -0.39 is 0 Å². The molecular weight excluding hydrogens is 230 g/mol. The van der Waals surface area contributed by atoms with E-state index in [2.05, 4.69) is 26.2 Å². The minimum absolute atomic E-state index is 0.240. The van der Waals surface area contributed by atoms with Gasteiger partial charge in [-0.15, -0.1) is 6.42 Å². The molecule has 0 amide bonds. The molecule has 0 aliphatic heterocycles. The Hall–Kier alpha value is -2.68. The summed E-state index contributed by atoms with van der Waals surface area (Å²) in [7, 11) is 0. The Bertz CT molecular complexity index is 614. The minimum Gasteiger partial charge on any atom is -0.343 e. The van der Waals surface area contributed by atoms with E-state index in [1.807, 2.05) is 12.1 Å². The number of rotatable bonds is 4. The van der Waals surface area contributed by atoms with Crippen molar-refractivity contribution in [3.05, 3.63) is 46.9 Å². The highest BCUT2D eigenvalue weighted by Gasteiger charge is 2.01. The highest BCUT2D eigenvalue weighted by Crippen LogP contribution is 1.98. The van der Waals surface area contributed by atoms with Crippen LogP contribution in [0.4, 0.5) is 5.95 Å². The van der Waals surface area contributed by atoms with Crippen LogP contribution in [0.2, 0.25) is 0 Å². The second-order valence-electron chi connectivity index (χ2n) is 3.50. The third-order valence-electron chi connectivity index (χ3n) is 2.22. The molecule has 6 heteroatoms. The van der Waals surface area contributed by atoms with Gasteiger partial charge < -0.3 is 5.32 Å². The van der Waals surface area contributed by atoms with Crippen molar-refractivity contribution in [1.29, 1.82) is 0 Å². The van der Waals surface area contributed by atoms with Crippen LogP contribution in [0.5, 0.6) is 0 Å². The van der Waals surface area contributed by atoms with Crippen molar-refractivity contribution < 1.29 is 0 Å². The fourth-order valence-electron chi connectivity index (χ4n) is 1.37. The Kier molecular flexibility index (Phi) is 3.66. The van der Waals surface area contributed by atoms with Crippen molar-refractivity contribution in [1.82, 2.24) is 19.5 Å². The first-order valence-corrected chi connectivity index (χ1v) is 5.29. The Morgan fingerprint density at radius 3 is 2.83 bits per heavy atom. The number of anilines is 1. The van der Waals surface area contributed by atoms with Gasteiger partial charge in [0.2, 0.25) is 5.95 Å². The summed E-state index contributed by atoms with van der Waals surface area (Å²) < 4.78 is 1.41. The van der Waals surface area contributed by atoms with Crippen molar-refractivity contribution in [3.63, 3.8) is 0 Å². The van der Waals surface area contributed by atoms with Gasteiger partial charge in [-0.25, -0.2) is 9.78 Å². The number of nitrogens with one attached hydrogen (secondary N) is 1. The maximum Gasteiger partial charge on any atom is 0.352 e. The largest absolute Gasteiger partial charge is 0.352 e. The summed E-state index contributed by atoms with van der Waals surface area (Å²) >= 11 is 0. The second kappa shape index (κ2) is 5.59. The predicted octanol–water partition coefficient (Wildman–Crippen LogP) is 0.127. The lowest BCUT2D eigenvalue weighted by molar-refractivity contribution is 0.701. The summed E-state index contributed by atoms with van der Waals surface area (Å²) in [5.74, 6) is 2.62. The molecule has 2 rings (SSSR count). The van der Waals surface area contributed by atoms with E-state index in [0.717, 1.165) is 5.56 Å². The second-order valence-corrected chi connectivity index (χ2v) is 3.50. The molecule has 0 fully saturated rings. The summed E-state index contributed by atoms with van der Waals surface area (Å²) in [4.78, 5) is 23.4. The van der Waals surface area contributed by atoms with E-state index in [1.54, 1.807) is 12.4 Å². The van der Waals surface area contributed by atoms with Gasteiger partial charge in [0.25, 0.3) is 0 Å². The van der Waals surface area contributed by atoms with Crippen LogP contribution >= 0.6 is 0 Å². The fraction of sp³-hybridized carbons (Fsp3) is 0.167. The number of hydrogen-bond acceptors (Lipinski definition) is 5. The van der Waals surface area contributed by atoms with Crippen LogP contribution in [-0.2, 0) is 6.54 Å². The van der Waals surface area contributed by atoms with E-state index >= 15 is 0 Å². The molecule has 6 nitrogen and oxygen atoms in total. The van der Waals surface area contributed by atoms with Crippen molar-refractivity contribution in [2.24, 2.45) is 0 Å². The molecule has 2 aromatic rings. The summed E-state index contributed by atoms with van der Waals surface area (Å²) in [5, 5.41) is 2.74. The van der Waals surface area contributed by atoms with E-state index in [0.29, 0.717) is 6.54 Å². The molecule has 0 aliphatic carbocycles. The van der Waals surface area contributed by atoms with Crippen LogP contribution in [0.1, 0.15) is 5.56 Å². The van der Waals surface area contributed by atoms with E-state index in [-0.39, 0.29) is 18.2 Å². The topological polar surface area (TPSA) is 72.7 Å². The molecule has 0 saturated heterocycles. The fourth-order valence-corrected chi connectivity index (χ4v) is 1.37. The number of terminal acetylenes is 1. The zero-order chi connectivity index (χ0) is 12.8. The molecule has 90 valence electrons. The van der Waals surface area contributed by atoms with Gasteiger partial charge in [0.1, 0.15) is 6.33 Å². The van der Waals surface area contributed by atoms with Crippen molar-refractivity contribution in [2.75, 3.05) is 11.9 Å². The van der Waals surface area contributed by atoms with Crippen LogP contribution in [-0.4, -0.2) is 26.1 Å². The number of nitrogens with zero attached hydrogens (tertiary/aromatic N) is 4. The highest BCUT2D eigenvalue weighted by molar-refractivity contribution is 5.23. The molecule has 0 unspecified atom stereocenters. The Balaban J connectivity index is 2.16. The van der Waals surface area contributed by atoms with Crippen molar-refractivity contribution in [2.45, 2.75) is 6.54 Å². The molecule has 0 atom stereocenters. The molecule has 2 heterocycles. The SMILES string of the molecule is C#CCNc1ncn(Cc2ccncc2)c(=O)n1. The van der Waals surface area contributed by atoms with Crippen molar-refractivity contribution in [3.8, 4) is 12.3 Å². The Labute approximate surface area is 104 Å². The molecule has 0 spiro atoms. The van der Waals surface area contributed by atoms with E-state index in [9.17, 15) is 4.79 Å². The van der Waals surface area contributed by atoms with Gasteiger partial charge in [-0.2, -0.15) is 4.98 Å². The number of aromatic nitrogens is 4. The van der Waals surface area contributed by atoms with Crippen LogP contribution in [0.15, 0.2) is 35.6 Å². The first-order chi connectivity index (χ1) is 8.79. The van der Waals surface area contributed by atoms with Gasteiger partial charge in [0.05, 0.1) is 13.1 Å². The number of hydrogen-bond donors (Lipinski definition) is 1. The molecule has 0 aromatic carbocycles. The molecule has 2 aromatic heterocycles. The van der Waals surface area contributed by atoms with Crippen LogP contribution in [0, 0.1) is 12.3 Å². The lowest BCUT2D eigenvalue weighted by atomic mass is 10.3. The Morgan fingerprint density at radius 2 is 2.17 bits per heavy atom. The molecule has 0 bridgehead atoms. The first-order valence-electron chi connectivity index (χ1n) is 5.29. The molecule has 0 aliphatic rings. The lowest BCUT2D eigenvalue weighted by Gasteiger charge is -2.05. The van der Waals surface area contributed by atoms with Gasteiger partial charge in [-0.3, -0.25) is 9.55 Å². The minimum atomic E-state index is -0.374. The zero-order valence-electron chi connectivity index (χ0n) is 9.58. The smallest absolute Gasteiger partial charge is 0.343 e. The summed E-state index contributed by atoms with van der Waals surface area (Å²) in [6.07, 6.45) is 9.87. The lowest BCUT2D eigenvalue weighted by Crippen LogP contribution is -2.25. The van der Waals surface area contributed by atoms with Crippen molar-refractivity contribution >= 4 is 5.95 Å². The third kappa shape index (κ3) is 2.92. The number of pyridine rings is 1. The highest BCUT2D eigenvalue weighted by atomic mass is 16.1. The predicted molar refractivity (Wildman–Crippen MR) is 67.0 cm³/mol. The zero-order valence-corrected chi connectivity index (χ0v) is 9.58. The van der Waals surface area contributed by atoms with Gasteiger partial charge in [-0.1, -0.05) is 5.92 Å². The molecule has 1 N–H and O–H groups in total. The maximum atomic E-state index is 11.7. The molecular formula is C12H11N5O. The maximum absolute atomic E-state index is 11.7. The first kappa shape index (κ1) is 11.8. The monoisotopic (exact) mass is 241 g/mol. The van der Waals surface area contributed by atoms with Gasteiger partial charge in [0, 0.05) is 12.4 Å². The van der Waals surface area contributed by atoms with E-state index in [1.165, 1.54) is 10.9 Å². The quantitative estimate of drug-likeness (QED) is 0.770. The van der Waals surface area contributed by atoms with E-state index in [4.69, 9.17) is 6.42 Å². The van der Waals surface area contributed by atoms with Crippen LogP contribution < -0.4 is 11.0 Å². The van der Waals surface area contributed by atoms with Crippen LogP contribution in [0.25, 0.3) is 0 Å². The van der Waals surface area contributed by atoms with Gasteiger partial charge in [0.15, 0.2) is 0 Å². The summed E-state index contributed by atoms with van der Waals surface area (Å²) in [5.41, 5.74) is 0.585. The van der Waals surface area contributed by atoms with Crippen LogP contribution in [0.3, 0.4) is 0 Å². The average molecular weight is 241 g/mol. The van der Waals surface area contributed by atoms with Gasteiger partial charge in [-0.05, 0) is 17.7 Å².